The van der Waals surface area contributed by atoms with E-state index >= 15 is 0 Å². The first-order chi connectivity index (χ1) is 13.7. The molecule has 0 unspecified atom stereocenters. The van der Waals surface area contributed by atoms with Gasteiger partial charge < -0.3 is 0 Å². The van der Waals surface area contributed by atoms with Crippen molar-refractivity contribution in [1.29, 1.82) is 0 Å². The number of carbonyl (C=O) groups is 1. The fraction of sp³-hybridized carbons (Fsp3) is 0. The lowest BCUT2D eigenvalue weighted by atomic mass is 10.1. The number of halogens is 1. The van der Waals surface area contributed by atoms with Crippen LogP contribution in [0, 0.1) is 0 Å². The minimum atomic E-state index is -0.367. The van der Waals surface area contributed by atoms with Crippen LogP contribution in [0.15, 0.2) is 83.4 Å². The standard InChI is InChI=1S/C21H15ClN4OS/c22-18-10-5-4-9-17(18)21(27)24-23-13-16-14-26(19-11-6-12-28-19)25-20(16)15-7-2-1-3-8-15/h1-14H,(H,24,27)/b23-13-. The van der Waals surface area contributed by atoms with Gasteiger partial charge in [-0.2, -0.15) is 10.2 Å². The van der Waals surface area contributed by atoms with Crippen LogP contribution in [-0.2, 0) is 0 Å². The normalized spacial score (nSPS) is 11.0. The van der Waals surface area contributed by atoms with Crippen molar-refractivity contribution in [2.45, 2.75) is 0 Å². The molecule has 5 nitrogen and oxygen atoms in total. The lowest BCUT2D eigenvalue weighted by Crippen LogP contribution is -2.17. The van der Waals surface area contributed by atoms with Gasteiger partial charge in [-0.15, -0.1) is 11.3 Å². The number of thiophene rings is 1. The second kappa shape index (κ2) is 8.21. The Morgan fingerprint density at radius 1 is 1.07 bits per heavy atom. The molecule has 0 saturated carbocycles. The molecule has 0 bridgehead atoms. The van der Waals surface area contributed by atoms with Crippen molar-refractivity contribution in [2.24, 2.45) is 5.10 Å². The van der Waals surface area contributed by atoms with Crippen molar-refractivity contribution in [3.63, 3.8) is 0 Å². The van der Waals surface area contributed by atoms with E-state index in [1.54, 1.807) is 41.8 Å². The van der Waals surface area contributed by atoms with Gasteiger partial charge in [-0.3, -0.25) is 4.79 Å². The lowest BCUT2D eigenvalue weighted by Gasteiger charge is -2.01. The van der Waals surface area contributed by atoms with Crippen LogP contribution in [0.3, 0.4) is 0 Å². The summed E-state index contributed by atoms with van der Waals surface area (Å²) in [6.45, 7) is 0. The molecule has 0 aliphatic heterocycles. The first-order valence-electron chi connectivity index (χ1n) is 8.49. The summed E-state index contributed by atoms with van der Waals surface area (Å²) in [6, 6.07) is 20.7. The summed E-state index contributed by atoms with van der Waals surface area (Å²) in [5.74, 6) is -0.367. The van der Waals surface area contributed by atoms with Crippen LogP contribution in [0.2, 0.25) is 5.02 Å². The Hall–Kier alpha value is -3.22. The van der Waals surface area contributed by atoms with Crippen LogP contribution in [-0.4, -0.2) is 21.9 Å². The minimum Gasteiger partial charge on any atom is -0.267 e. The monoisotopic (exact) mass is 406 g/mol. The summed E-state index contributed by atoms with van der Waals surface area (Å²) in [5.41, 5.74) is 5.44. The van der Waals surface area contributed by atoms with E-state index in [9.17, 15) is 4.79 Å². The number of rotatable bonds is 5. The zero-order valence-electron chi connectivity index (χ0n) is 14.6. The van der Waals surface area contributed by atoms with E-state index in [2.05, 4.69) is 10.5 Å². The van der Waals surface area contributed by atoms with E-state index < -0.39 is 0 Å². The van der Waals surface area contributed by atoms with Crippen molar-refractivity contribution in [3.8, 4) is 16.3 Å². The van der Waals surface area contributed by atoms with Gasteiger partial charge in [0.25, 0.3) is 5.91 Å². The van der Waals surface area contributed by atoms with Crippen molar-refractivity contribution in [2.75, 3.05) is 0 Å². The van der Waals surface area contributed by atoms with Crippen LogP contribution in [0.4, 0.5) is 0 Å². The van der Waals surface area contributed by atoms with E-state index in [1.807, 2.05) is 58.7 Å². The predicted octanol–water partition coefficient (Wildman–Crippen LogP) is 5.02. The molecule has 0 aliphatic carbocycles. The maximum absolute atomic E-state index is 12.3. The molecule has 2 aromatic heterocycles. The molecule has 138 valence electrons. The first kappa shape index (κ1) is 18.2. The number of benzene rings is 2. The molecule has 0 radical (unpaired) electrons. The minimum absolute atomic E-state index is 0.367. The van der Waals surface area contributed by atoms with Crippen LogP contribution in [0.1, 0.15) is 15.9 Å². The quantitative estimate of drug-likeness (QED) is 0.373. The highest BCUT2D eigenvalue weighted by Gasteiger charge is 2.12. The smallest absolute Gasteiger partial charge is 0.267 e. The molecule has 7 heteroatoms. The average molecular weight is 407 g/mol. The van der Waals surface area contributed by atoms with Crippen LogP contribution >= 0.6 is 22.9 Å². The number of hydrazone groups is 1. The number of nitrogens with one attached hydrogen (secondary N) is 1. The molecule has 1 amide bonds. The molecule has 2 heterocycles. The van der Waals surface area contributed by atoms with E-state index in [4.69, 9.17) is 16.7 Å². The summed E-state index contributed by atoms with van der Waals surface area (Å²) in [7, 11) is 0. The molecule has 2 aromatic carbocycles. The molecule has 0 fully saturated rings. The van der Waals surface area contributed by atoms with E-state index in [0.29, 0.717) is 10.6 Å². The second-order valence-electron chi connectivity index (χ2n) is 5.87. The molecular formula is C21H15ClN4OS. The van der Waals surface area contributed by atoms with Gasteiger partial charge in [0.15, 0.2) is 0 Å². The molecule has 0 atom stereocenters. The molecule has 28 heavy (non-hydrogen) atoms. The molecular weight excluding hydrogens is 392 g/mol. The highest BCUT2D eigenvalue weighted by atomic mass is 35.5. The van der Waals surface area contributed by atoms with Crippen LogP contribution in [0.5, 0.6) is 0 Å². The van der Waals surface area contributed by atoms with E-state index in [-0.39, 0.29) is 5.91 Å². The van der Waals surface area contributed by atoms with Gasteiger partial charge in [0.05, 0.1) is 16.8 Å². The molecule has 0 saturated heterocycles. The third kappa shape index (κ3) is 3.88. The topological polar surface area (TPSA) is 59.3 Å². The Morgan fingerprint density at radius 3 is 2.61 bits per heavy atom. The number of amides is 1. The SMILES string of the molecule is O=C(N/N=C\c1cn(-c2cccs2)nc1-c1ccccc1)c1ccccc1Cl. The fourth-order valence-electron chi connectivity index (χ4n) is 2.68. The first-order valence-corrected chi connectivity index (χ1v) is 9.75. The third-order valence-corrected chi connectivity index (χ3v) is 5.20. The largest absolute Gasteiger partial charge is 0.272 e. The Morgan fingerprint density at radius 2 is 1.86 bits per heavy atom. The molecule has 0 aliphatic rings. The van der Waals surface area contributed by atoms with Crippen molar-refractivity contribution < 1.29 is 4.79 Å². The summed E-state index contributed by atoms with van der Waals surface area (Å²) in [5, 5.41) is 12.2. The summed E-state index contributed by atoms with van der Waals surface area (Å²) in [4.78, 5) is 12.3. The van der Waals surface area contributed by atoms with E-state index in [1.165, 1.54) is 0 Å². The van der Waals surface area contributed by atoms with Crippen molar-refractivity contribution in [3.05, 3.63) is 94.5 Å². The predicted molar refractivity (Wildman–Crippen MR) is 113 cm³/mol. The molecule has 0 spiro atoms. The number of carbonyl (C=O) groups excluding carboxylic acids is 1. The lowest BCUT2D eigenvalue weighted by molar-refractivity contribution is 0.0955. The van der Waals surface area contributed by atoms with Crippen molar-refractivity contribution in [1.82, 2.24) is 15.2 Å². The summed E-state index contributed by atoms with van der Waals surface area (Å²) in [6.07, 6.45) is 3.48. The van der Waals surface area contributed by atoms with Gasteiger partial charge in [-0.05, 0) is 29.6 Å². The fourth-order valence-corrected chi connectivity index (χ4v) is 3.56. The number of nitrogens with zero attached hydrogens (tertiary/aromatic N) is 3. The second-order valence-corrected chi connectivity index (χ2v) is 7.21. The highest BCUT2D eigenvalue weighted by molar-refractivity contribution is 7.12. The van der Waals surface area contributed by atoms with Crippen LogP contribution in [0.25, 0.3) is 16.3 Å². The van der Waals surface area contributed by atoms with Crippen LogP contribution < -0.4 is 5.43 Å². The Labute approximate surface area is 170 Å². The van der Waals surface area contributed by atoms with Crippen molar-refractivity contribution >= 4 is 35.1 Å². The Kier molecular flexibility index (Phi) is 5.32. The van der Waals surface area contributed by atoms with Gasteiger partial charge in [0, 0.05) is 17.3 Å². The Balaban J connectivity index is 1.62. The number of aromatic nitrogens is 2. The van der Waals surface area contributed by atoms with Gasteiger partial charge in [-0.25, -0.2) is 10.1 Å². The number of hydrogen-bond donors (Lipinski definition) is 1. The van der Waals surface area contributed by atoms with Gasteiger partial charge in [0.1, 0.15) is 10.7 Å². The zero-order chi connectivity index (χ0) is 19.3. The summed E-state index contributed by atoms with van der Waals surface area (Å²) < 4.78 is 1.81. The maximum Gasteiger partial charge on any atom is 0.272 e. The summed E-state index contributed by atoms with van der Waals surface area (Å²) >= 11 is 7.65. The number of hydrogen-bond acceptors (Lipinski definition) is 4. The third-order valence-electron chi connectivity index (χ3n) is 4.01. The molecule has 4 aromatic rings. The average Bonchev–Trinajstić information content (AvgIpc) is 3.39. The van der Waals surface area contributed by atoms with Gasteiger partial charge in [0.2, 0.25) is 0 Å². The Bertz CT molecular complexity index is 1120. The molecule has 4 rings (SSSR count). The van der Waals surface area contributed by atoms with Gasteiger partial charge >= 0.3 is 0 Å². The van der Waals surface area contributed by atoms with E-state index in [0.717, 1.165) is 21.8 Å². The molecule has 1 N–H and O–H groups in total. The highest BCUT2D eigenvalue weighted by Crippen LogP contribution is 2.24. The zero-order valence-corrected chi connectivity index (χ0v) is 16.2. The van der Waals surface area contributed by atoms with Gasteiger partial charge in [-0.1, -0.05) is 54.1 Å². The maximum atomic E-state index is 12.3.